The van der Waals surface area contributed by atoms with Crippen molar-refractivity contribution in [1.29, 1.82) is 0 Å². The molecule has 0 amide bonds. The van der Waals surface area contributed by atoms with Crippen LogP contribution < -0.4 is 0 Å². The van der Waals surface area contributed by atoms with Crippen molar-refractivity contribution in [3.05, 3.63) is 59.9 Å². The fourth-order valence-corrected chi connectivity index (χ4v) is 3.63. The summed E-state index contributed by atoms with van der Waals surface area (Å²) in [5, 5.41) is 0. The zero-order valence-electron chi connectivity index (χ0n) is 12.6. The van der Waals surface area contributed by atoms with E-state index < -0.39 is 9.84 Å². The van der Waals surface area contributed by atoms with Crippen LogP contribution in [0, 0.1) is 0 Å². The molecule has 0 spiro atoms. The van der Waals surface area contributed by atoms with E-state index in [9.17, 15) is 8.42 Å². The van der Waals surface area contributed by atoms with Crippen LogP contribution in [0.5, 0.6) is 0 Å². The number of aromatic nitrogens is 1. The summed E-state index contributed by atoms with van der Waals surface area (Å²) in [6, 6.07) is 13.6. The van der Waals surface area contributed by atoms with E-state index in [4.69, 9.17) is 0 Å². The number of rotatable bonds is 4. The Kier molecular flexibility index (Phi) is 4.27. The molecule has 1 fully saturated rings. The highest BCUT2D eigenvalue weighted by Crippen LogP contribution is 2.31. The molecule has 2 aromatic rings. The number of benzene rings is 1. The summed E-state index contributed by atoms with van der Waals surface area (Å²) < 4.78 is 23.0. The second kappa shape index (κ2) is 6.18. The normalized spacial score (nSPS) is 19.4. The van der Waals surface area contributed by atoms with Crippen molar-refractivity contribution >= 4 is 9.84 Å². The molecule has 1 aliphatic rings. The topological polar surface area (TPSA) is 50.3 Å². The fourth-order valence-electron chi connectivity index (χ4n) is 3.00. The van der Waals surface area contributed by atoms with E-state index in [0.29, 0.717) is 10.9 Å². The molecule has 1 saturated heterocycles. The molecule has 5 heteroatoms. The molecule has 1 aromatic heterocycles. The quantitative estimate of drug-likeness (QED) is 0.870. The van der Waals surface area contributed by atoms with Crippen molar-refractivity contribution in [1.82, 2.24) is 9.88 Å². The molecular formula is C17H20N2O2S. The highest BCUT2D eigenvalue weighted by Gasteiger charge is 2.26. The van der Waals surface area contributed by atoms with Crippen LogP contribution in [0.3, 0.4) is 0 Å². The maximum Gasteiger partial charge on any atom is 0.175 e. The molecule has 0 N–H and O–H groups in total. The minimum Gasteiger partial charge on any atom is -0.291 e. The molecule has 22 heavy (non-hydrogen) atoms. The van der Waals surface area contributed by atoms with Gasteiger partial charge in [0.1, 0.15) is 0 Å². The van der Waals surface area contributed by atoms with Crippen LogP contribution in [0.15, 0.2) is 53.6 Å². The number of sulfone groups is 1. The Morgan fingerprint density at radius 2 is 1.95 bits per heavy atom. The third-order valence-corrected chi connectivity index (χ3v) is 5.26. The van der Waals surface area contributed by atoms with Crippen molar-refractivity contribution in [3.63, 3.8) is 0 Å². The van der Waals surface area contributed by atoms with Crippen LogP contribution >= 0.6 is 0 Å². The fraction of sp³-hybridized carbons (Fsp3) is 0.353. The van der Waals surface area contributed by atoms with Gasteiger partial charge in [-0.25, -0.2) is 8.42 Å². The monoisotopic (exact) mass is 316 g/mol. The van der Waals surface area contributed by atoms with Crippen LogP contribution in [0.25, 0.3) is 0 Å². The Balaban J connectivity index is 1.75. The largest absolute Gasteiger partial charge is 0.291 e. The molecule has 1 aliphatic heterocycles. The van der Waals surface area contributed by atoms with Crippen molar-refractivity contribution in [2.45, 2.75) is 30.3 Å². The highest BCUT2D eigenvalue weighted by molar-refractivity contribution is 7.90. The molecule has 3 rings (SSSR count). The molecule has 4 nitrogen and oxygen atoms in total. The van der Waals surface area contributed by atoms with Crippen LogP contribution in [-0.4, -0.2) is 31.1 Å². The van der Waals surface area contributed by atoms with Crippen molar-refractivity contribution in [2.24, 2.45) is 0 Å². The van der Waals surface area contributed by atoms with E-state index >= 15 is 0 Å². The first-order valence-electron chi connectivity index (χ1n) is 7.48. The van der Waals surface area contributed by atoms with Gasteiger partial charge < -0.3 is 0 Å². The Labute approximate surface area is 131 Å². The lowest BCUT2D eigenvalue weighted by molar-refractivity contribution is 0.244. The van der Waals surface area contributed by atoms with E-state index in [1.165, 1.54) is 12.7 Å². The summed E-state index contributed by atoms with van der Waals surface area (Å²) in [4.78, 5) is 7.27. The molecule has 0 aliphatic carbocycles. The standard InChI is InChI=1S/C17H20N2O2S/c1-22(20,21)15-9-7-14(8-10-15)13-19-12-4-6-17(19)16-5-2-3-11-18-16/h2-3,5,7-11,17H,4,6,12-13H2,1H3/t17-/m1/s1. The third-order valence-electron chi connectivity index (χ3n) is 4.13. The SMILES string of the molecule is CS(=O)(=O)c1ccc(CN2CCC[C@@H]2c2ccccn2)cc1. The zero-order chi connectivity index (χ0) is 15.6. The molecule has 2 heterocycles. The van der Waals surface area contributed by atoms with Crippen LogP contribution in [-0.2, 0) is 16.4 Å². The smallest absolute Gasteiger partial charge is 0.175 e. The Hall–Kier alpha value is -1.72. The first-order valence-corrected chi connectivity index (χ1v) is 9.37. The Morgan fingerprint density at radius 1 is 1.18 bits per heavy atom. The highest BCUT2D eigenvalue weighted by atomic mass is 32.2. The van der Waals surface area contributed by atoms with Crippen molar-refractivity contribution in [3.8, 4) is 0 Å². The molecule has 1 atom stereocenters. The van der Waals surface area contributed by atoms with Gasteiger partial charge in [0.25, 0.3) is 0 Å². The second-order valence-electron chi connectivity index (χ2n) is 5.80. The van der Waals surface area contributed by atoms with Crippen molar-refractivity contribution in [2.75, 3.05) is 12.8 Å². The molecule has 0 bridgehead atoms. The Bertz CT molecular complexity index is 727. The molecule has 116 valence electrons. The van der Waals surface area contributed by atoms with Gasteiger partial charge in [-0.2, -0.15) is 0 Å². The van der Waals surface area contributed by atoms with Gasteiger partial charge in [0.15, 0.2) is 9.84 Å². The van der Waals surface area contributed by atoms with E-state index in [-0.39, 0.29) is 0 Å². The summed E-state index contributed by atoms with van der Waals surface area (Å²) in [5.74, 6) is 0. The van der Waals surface area contributed by atoms with Crippen LogP contribution in [0.2, 0.25) is 0 Å². The summed E-state index contributed by atoms with van der Waals surface area (Å²) in [7, 11) is -3.12. The van der Waals surface area contributed by atoms with Crippen molar-refractivity contribution < 1.29 is 8.42 Å². The maximum atomic E-state index is 11.5. The second-order valence-corrected chi connectivity index (χ2v) is 7.81. The number of likely N-dealkylation sites (tertiary alicyclic amines) is 1. The average molecular weight is 316 g/mol. The number of hydrogen-bond acceptors (Lipinski definition) is 4. The maximum absolute atomic E-state index is 11.5. The van der Waals surface area contributed by atoms with Gasteiger partial charge >= 0.3 is 0 Å². The van der Waals surface area contributed by atoms with Gasteiger partial charge in [-0.1, -0.05) is 18.2 Å². The number of nitrogens with zero attached hydrogens (tertiary/aromatic N) is 2. The molecule has 0 saturated carbocycles. The van der Waals surface area contributed by atoms with Gasteiger partial charge in [-0.15, -0.1) is 0 Å². The van der Waals surface area contributed by atoms with Gasteiger partial charge in [-0.05, 0) is 49.2 Å². The van der Waals surface area contributed by atoms with E-state index in [1.807, 2.05) is 30.5 Å². The lowest BCUT2D eigenvalue weighted by Crippen LogP contribution is -2.23. The molecule has 1 aromatic carbocycles. The lowest BCUT2D eigenvalue weighted by Gasteiger charge is -2.24. The number of hydrogen-bond donors (Lipinski definition) is 0. The predicted octanol–water partition coefficient (Wildman–Crippen LogP) is 2.82. The van der Waals surface area contributed by atoms with Gasteiger partial charge in [0, 0.05) is 19.0 Å². The molecular weight excluding hydrogens is 296 g/mol. The van der Waals surface area contributed by atoms with E-state index in [0.717, 1.165) is 30.8 Å². The first-order chi connectivity index (χ1) is 10.5. The minimum absolute atomic E-state index is 0.357. The van der Waals surface area contributed by atoms with E-state index in [1.54, 1.807) is 12.1 Å². The van der Waals surface area contributed by atoms with E-state index in [2.05, 4.69) is 16.0 Å². The Morgan fingerprint density at radius 3 is 2.59 bits per heavy atom. The third kappa shape index (κ3) is 3.36. The average Bonchev–Trinajstić information content (AvgIpc) is 2.96. The van der Waals surface area contributed by atoms with Crippen LogP contribution in [0.4, 0.5) is 0 Å². The zero-order valence-corrected chi connectivity index (χ0v) is 13.5. The summed E-state index contributed by atoms with van der Waals surface area (Å²) >= 11 is 0. The summed E-state index contributed by atoms with van der Waals surface area (Å²) in [6.07, 6.45) is 5.37. The molecule has 0 unspecified atom stereocenters. The van der Waals surface area contributed by atoms with Gasteiger partial charge in [-0.3, -0.25) is 9.88 Å². The molecule has 0 radical (unpaired) electrons. The number of pyridine rings is 1. The summed E-state index contributed by atoms with van der Waals surface area (Å²) in [6.45, 7) is 1.88. The van der Waals surface area contributed by atoms with Gasteiger partial charge in [0.05, 0.1) is 16.6 Å². The summed E-state index contributed by atoms with van der Waals surface area (Å²) in [5.41, 5.74) is 2.25. The van der Waals surface area contributed by atoms with Crippen LogP contribution in [0.1, 0.15) is 30.1 Å². The minimum atomic E-state index is -3.12. The first kappa shape index (κ1) is 15.2. The lowest BCUT2D eigenvalue weighted by atomic mass is 10.1. The van der Waals surface area contributed by atoms with Gasteiger partial charge in [0.2, 0.25) is 0 Å². The predicted molar refractivity (Wildman–Crippen MR) is 86.2 cm³/mol.